The van der Waals surface area contributed by atoms with Gasteiger partial charge in [0, 0.05) is 6.54 Å². The van der Waals surface area contributed by atoms with Crippen molar-refractivity contribution in [3.8, 4) is 17.2 Å². The zero-order chi connectivity index (χ0) is 17.9. The summed E-state index contributed by atoms with van der Waals surface area (Å²) >= 11 is 0. The lowest BCUT2D eigenvalue weighted by Crippen LogP contribution is -2.23. The molecule has 3 rings (SSSR count). The number of rotatable bonds is 6. The average molecular weight is 363 g/mol. The normalized spacial score (nSPS) is 13.5. The number of sulfonamides is 1. The van der Waals surface area contributed by atoms with E-state index in [0.29, 0.717) is 36.9 Å². The zero-order valence-corrected chi connectivity index (χ0v) is 15.1. The summed E-state index contributed by atoms with van der Waals surface area (Å²) in [4.78, 5) is 0.225. The van der Waals surface area contributed by atoms with Gasteiger partial charge in [0.1, 0.15) is 19.0 Å². The van der Waals surface area contributed by atoms with Crippen molar-refractivity contribution >= 4 is 10.0 Å². The largest absolute Gasteiger partial charge is 0.496 e. The second kappa shape index (κ2) is 7.33. The molecular weight excluding hydrogens is 342 g/mol. The standard InChI is InChI=1S/C18H21NO5S/c1-3-14-11-15(5-7-16(14)22-2)25(20,21)19-12-13-4-6-17-18(10-13)24-9-8-23-17/h4-7,10-11,19H,3,8-9,12H2,1-2H3. The number of hydrogen-bond acceptors (Lipinski definition) is 5. The van der Waals surface area contributed by atoms with E-state index in [-0.39, 0.29) is 11.4 Å². The molecule has 0 fully saturated rings. The number of benzene rings is 2. The molecule has 0 saturated heterocycles. The van der Waals surface area contributed by atoms with Crippen molar-refractivity contribution in [3.05, 3.63) is 47.5 Å². The van der Waals surface area contributed by atoms with E-state index in [1.165, 1.54) is 0 Å². The number of fused-ring (bicyclic) bond motifs is 1. The van der Waals surface area contributed by atoms with E-state index in [9.17, 15) is 8.42 Å². The molecule has 0 radical (unpaired) electrons. The third kappa shape index (κ3) is 3.88. The van der Waals surface area contributed by atoms with Crippen LogP contribution in [0.5, 0.6) is 17.2 Å². The minimum absolute atomic E-state index is 0.173. The van der Waals surface area contributed by atoms with Crippen molar-refractivity contribution < 1.29 is 22.6 Å². The lowest BCUT2D eigenvalue weighted by molar-refractivity contribution is 0.171. The maximum atomic E-state index is 12.6. The molecule has 0 spiro atoms. The summed E-state index contributed by atoms with van der Waals surface area (Å²) in [5.74, 6) is 2.01. The first-order valence-electron chi connectivity index (χ1n) is 8.08. The minimum Gasteiger partial charge on any atom is -0.496 e. The molecule has 1 N–H and O–H groups in total. The molecule has 0 amide bonds. The highest BCUT2D eigenvalue weighted by molar-refractivity contribution is 7.89. The lowest BCUT2D eigenvalue weighted by Gasteiger charge is -2.19. The highest BCUT2D eigenvalue weighted by Gasteiger charge is 2.17. The van der Waals surface area contributed by atoms with Gasteiger partial charge in [-0.05, 0) is 47.9 Å². The van der Waals surface area contributed by atoms with Crippen LogP contribution in [0.2, 0.25) is 0 Å². The molecular formula is C18H21NO5S. The van der Waals surface area contributed by atoms with E-state index in [1.807, 2.05) is 13.0 Å². The molecule has 1 aliphatic heterocycles. The highest BCUT2D eigenvalue weighted by Crippen LogP contribution is 2.31. The minimum atomic E-state index is -3.61. The average Bonchev–Trinajstić information content (AvgIpc) is 2.65. The van der Waals surface area contributed by atoms with Gasteiger partial charge in [0.05, 0.1) is 12.0 Å². The summed E-state index contributed by atoms with van der Waals surface area (Å²) in [7, 11) is -2.04. The van der Waals surface area contributed by atoms with Crippen molar-refractivity contribution in [2.75, 3.05) is 20.3 Å². The molecule has 0 atom stereocenters. The number of aryl methyl sites for hydroxylation is 1. The number of methoxy groups -OCH3 is 1. The Kier molecular flexibility index (Phi) is 5.15. The summed E-state index contributed by atoms with van der Waals surface area (Å²) < 4.78 is 44.0. The SMILES string of the molecule is CCc1cc(S(=O)(=O)NCc2ccc3c(c2)OCCO3)ccc1OC. The van der Waals surface area contributed by atoms with Gasteiger partial charge in [0.15, 0.2) is 11.5 Å². The summed E-state index contributed by atoms with van der Waals surface area (Å²) in [6.45, 7) is 3.15. The molecule has 0 saturated carbocycles. The summed E-state index contributed by atoms with van der Waals surface area (Å²) in [5.41, 5.74) is 1.65. The van der Waals surface area contributed by atoms with Crippen molar-refractivity contribution in [3.63, 3.8) is 0 Å². The Morgan fingerprint density at radius 3 is 2.56 bits per heavy atom. The molecule has 6 nitrogen and oxygen atoms in total. The molecule has 1 aliphatic rings. The maximum absolute atomic E-state index is 12.6. The first kappa shape index (κ1) is 17.6. The Morgan fingerprint density at radius 2 is 1.84 bits per heavy atom. The van der Waals surface area contributed by atoms with Crippen molar-refractivity contribution in [2.45, 2.75) is 24.8 Å². The fraction of sp³-hybridized carbons (Fsp3) is 0.333. The van der Waals surface area contributed by atoms with Gasteiger partial charge in [-0.2, -0.15) is 0 Å². The monoisotopic (exact) mass is 363 g/mol. The van der Waals surface area contributed by atoms with Crippen LogP contribution in [-0.2, 0) is 23.0 Å². The first-order chi connectivity index (χ1) is 12.0. The highest BCUT2D eigenvalue weighted by atomic mass is 32.2. The van der Waals surface area contributed by atoms with Crippen molar-refractivity contribution in [1.82, 2.24) is 4.72 Å². The van der Waals surface area contributed by atoms with Gasteiger partial charge >= 0.3 is 0 Å². The predicted octanol–water partition coefficient (Wildman–Crippen LogP) is 2.51. The Balaban J connectivity index is 1.76. The first-order valence-corrected chi connectivity index (χ1v) is 9.57. The van der Waals surface area contributed by atoms with Crippen LogP contribution in [0.3, 0.4) is 0 Å². The van der Waals surface area contributed by atoms with Crippen molar-refractivity contribution in [1.29, 1.82) is 0 Å². The van der Waals surface area contributed by atoms with Crippen LogP contribution in [0.15, 0.2) is 41.3 Å². The number of nitrogens with one attached hydrogen (secondary N) is 1. The predicted molar refractivity (Wildman–Crippen MR) is 93.8 cm³/mol. The van der Waals surface area contributed by atoms with Gasteiger partial charge in [0.25, 0.3) is 0 Å². The molecule has 0 bridgehead atoms. The van der Waals surface area contributed by atoms with Gasteiger partial charge in [0.2, 0.25) is 10.0 Å². The molecule has 1 heterocycles. The third-order valence-corrected chi connectivity index (χ3v) is 5.41. The van der Waals surface area contributed by atoms with Crippen molar-refractivity contribution in [2.24, 2.45) is 0 Å². The van der Waals surface area contributed by atoms with Gasteiger partial charge in [-0.1, -0.05) is 13.0 Å². The van der Waals surface area contributed by atoms with Gasteiger partial charge < -0.3 is 14.2 Å². The Hall–Kier alpha value is -2.25. The third-order valence-electron chi connectivity index (χ3n) is 4.02. The van der Waals surface area contributed by atoms with Crippen LogP contribution in [-0.4, -0.2) is 28.7 Å². The summed E-state index contributed by atoms with van der Waals surface area (Å²) in [6.07, 6.45) is 0.689. The fourth-order valence-electron chi connectivity index (χ4n) is 2.66. The zero-order valence-electron chi connectivity index (χ0n) is 14.2. The van der Waals surface area contributed by atoms with Crippen LogP contribution >= 0.6 is 0 Å². The molecule has 7 heteroatoms. The Labute approximate surface area is 147 Å². The van der Waals surface area contributed by atoms with E-state index in [1.54, 1.807) is 37.4 Å². The number of ether oxygens (including phenoxy) is 3. The molecule has 134 valence electrons. The smallest absolute Gasteiger partial charge is 0.240 e. The van der Waals surface area contributed by atoms with E-state index < -0.39 is 10.0 Å². The van der Waals surface area contributed by atoms with Crippen LogP contribution in [0.1, 0.15) is 18.1 Å². The van der Waals surface area contributed by atoms with E-state index >= 15 is 0 Å². The number of hydrogen-bond donors (Lipinski definition) is 1. The quantitative estimate of drug-likeness (QED) is 0.854. The Morgan fingerprint density at radius 1 is 1.08 bits per heavy atom. The lowest BCUT2D eigenvalue weighted by atomic mass is 10.1. The van der Waals surface area contributed by atoms with Gasteiger partial charge in [-0.25, -0.2) is 13.1 Å². The second-order valence-electron chi connectivity index (χ2n) is 5.63. The molecule has 0 unspecified atom stereocenters. The molecule has 2 aromatic rings. The van der Waals surface area contributed by atoms with Crippen LogP contribution < -0.4 is 18.9 Å². The van der Waals surface area contributed by atoms with E-state index in [0.717, 1.165) is 11.1 Å². The maximum Gasteiger partial charge on any atom is 0.240 e. The molecule has 2 aromatic carbocycles. The molecule has 0 aliphatic carbocycles. The van der Waals surface area contributed by atoms with Crippen LogP contribution in [0.4, 0.5) is 0 Å². The molecule has 0 aromatic heterocycles. The van der Waals surface area contributed by atoms with E-state index in [4.69, 9.17) is 14.2 Å². The van der Waals surface area contributed by atoms with E-state index in [2.05, 4.69) is 4.72 Å². The summed E-state index contributed by atoms with van der Waals surface area (Å²) in [6, 6.07) is 10.3. The fourth-order valence-corrected chi connectivity index (χ4v) is 3.73. The topological polar surface area (TPSA) is 73.9 Å². The second-order valence-corrected chi connectivity index (χ2v) is 7.40. The Bertz CT molecular complexity index is 864. The summed E-state index contributed by atoms with van der Waals surface area (Å²) in [5, 5.41) is 0. The van der Waals surface area contributed by atoms with Crippen LogP contribution in [0.25, 0.3) is 0 Å². The van der Waals surface area contributed by atoms with Gasteiger partial charge in [-0.3, -0.25) is 0 Å². The van der Waals surface area contributed by atoms with Gasteiger partial charge in [-0.15, -0.1) is 0 Å². The van der Waals surface area contributed by atoms with Crippen LogP contribution in [0, 0.1) is 0 Å². The molecule has 25 heavy (non-hydrogen) atoms.